The predicted octanol–water partition coefficient (Wildman–Crippen LogP) is 2.46. The van der Waals surface area contributed by atoms with Crippen molar-refractivity contribution in [3.05, 3.63) is 23.3 Å². The molecule has 3 heteroatoms. The Morgan fingerprint density at radius 3 is 2.44 bits per heavy atom. The molecule has 0 aliphatic carbocycles. The van der Waals surface area contributed by atoms with Crippen LogP contribution in [0.3, 0.4) is 0 Å². The van der Waals surface area contributed by atoms with Gasteiger partial charge < -0.3 is 9.47 Å². The molecule has 86 valence electrons. The highest BCUT2D eigenvalue weighted by atomic mass is 16.5. The molecule has 1 aromatic carbocycles. The lowest BCUT2D eigenvalue weighted by molar-refractivity contribution is 0.396. The highest BCUT2D eigenvalue weighted by Gasteiger charge is 2.22. The van der Waals surface area contributed by atoms with Crippen LogP contribution in [0.4, 0.5) is 0 Å². The smallest absolute Gasteiger partial charge is 0.128 e. The normalized spacial score (nSPS) is 18.8. The zero-order chi connectivity index (χ0) is 11.7. The highest BCUT2D eigenvalue weighted by Crippen LogP contribution is 2.34. The van der Waals surface area contributed by atoms with E-state index in [1.165, 1.54) is 5.56 Å². The first-order valence-corrected chi connectivity index (χ1v) is 5.46. The molecule has 16 heavy (non-hydrogen) atoms. The molecule has 0 amide bonds. The summed E-state index contributed by atoms with van der Waals surface area (Å²) in [7, 11) is 3.39. The number of rotatable bonds is 2. The largest absolute Gasteiger partial charge is 0.496 e. The molecule has 0 bridgehead atoms. The molecule has 1 aromatic rings. The minimum Gasteiger partial charge on any atom is -0.496 e. The lowest BCUT2D eigenvalue weighted by Crippen LogP contribution is -2.18. The molecular formula is C13H17NO2. The fourth-order valence-corrected chi connectivity index (χ4v) is 2.30. The molecule has 0 spiro atoms. The molecule has 1 unspecified atom stereocenters. The van der Waals surface area contributed by atoms with Crippen molar-refractivity contribution < 1.29 is 9.47 Å². The number of methoxy groups -OCH3 is 2. The molecule has 2 rings (SSSR count). The zero-order valence-corrected chi connectivity index (χ0v) is 10.2. The summed E-state index contributed by atoms with van der Waals surface area (Å²) in [5, 5.41) is 0. The summed E-state index contributed by atoms with van der Waals surface area (Å²) in [6.07, 6.45) is 0.910. The van der Waals surface area contributed by atoms with Gasteiger partial charge in [-0.25, -0.2) is 0 Å². The van der Waals surface area contributed by atoms with Crippen LogP contribution in [0.5, 0.6) is 11.5 Å². The van der Waals surface area contributed by atoms with Crippen LogP contribution in [0.25, 0.3) is 0 Å². The number of fused-ring (bicyclic) bond motifs is 1. The van der Waals surface area contributed by atoms with E-state index in [-0.39, 0.29) is 0 Å². The lowest BCUT2D eigenvalue weighted by Gasteiger charge is -2.23. The van der Waals surface area contributed by atoms with Gasteiger partial charge in [0.2, 0.25) is 0 Å². The van der Waals surface area contributed by atoms with Crippen molar-refractivity contribution in [2.75, 3.05) is 14.2 Å². The second-order valence-electron chi connectivity index (χ2n) is 4.09. The minimum atomic E-state index is 0.313. The summed E-state index contributed by atoms with van der Waals surface area (Å²) in [6.45, 7) is 4.14. The number of benzene rings is 1. The topological polar surface area (TPSA) is 30.8 Å². The van der Waals surface area contributed by atoms with Crippen molar-refractivity contribution in [2.24, 2.45) is 4.99 Å². The molecule has 0 saturated heterocycles. The fraction of sp³-hybridized carbons (Fsp3) is 0.462. The predicted molar refractivity (Wildman–Crippen MR) is 64.9 cm³/mol. The molecule has 1 aliphatic rings. The summed E-state index contributed by atoms with van der Waals surface area (Å²) in [5.74, 6) is 1.81. The molecule has 0 aromatic heterocycles. The van der Waals surface area contributed by atoms with Crippen molar-refractivity contribution in [3.63, 3.8) is 0 Å². The Bertz CT molecular complexity index is 438. The van der Waals surface area contributed by atoms with Crippen LogP contribution in [-0.4, -0.2) is 26.0 Å². The van der Waals surface area contributed by atoms with Gasteiger partial charge in [-0.1, -0.05) is 0 Å². The SMILES string of the molecule is COc1ccc(OC)c2c1CC(C)N=C2C. The maximum Gasteiger partial charge on any atom is 0.128 e. The van der Waals surface area contributed by atoms with E-state index in [1.54, 1.807) is 14.2 Å². The summed E-state index contributed by atoms with van der Waals surface area (Å²) in [5.41, 5.74) is 3.34. The van der Waals surface area contributed by atoms with E-state index in [0.717, 1.165) is 29.2 Å². The van der Waals surface area contributed by atoms with Crippen LogP contribution in [0.2, 0.25) is 0 Å². The molecule has 0 saturated carbocycles. The molecular weight excluding hydrogens is 202 g/mol. The van der Waals surface area contributed by atoms with Gasteiger partial charge in [0.05, 0.1) is 20.3 Å². The van der Waals surface area contributed by atoms with Crippen LogP contribution in [0.1, 0.15) is 25.0 Å². The summed E-state index contributed by atoms with van der Waals surface area (Å²) in [4.78, 5) is 4.59. The molecule has 1 aliphatic heterocycles. The van der Waals surface area contributed by atoms with E-state index in [1.807, 2.05) is 19.1 Å². The van der Waals surface area contributed by atoms with Gasteiger partial charge in [0.25, 0.3) is 0 Å². The van der Waals surface area contributed by atoms with Gasteiger partial charge in [0.1, 0.15) is 11.5 Å². The third kappa shape index (κ3) is 1.66. The van der Waals surface area contributed by atoms with Crippen molar-refractivity contribution in [3.8, 4) is 11.5 Å². The van der Waals surface area contributed by atoms with Gasteiger partial charge >= 0.3 is 0 Å². The quantitative estimate of drug-likeness (QED) is 0.765. The monoisotopic (exact) mass is 219 g/mol. The van der Waals surface area contributed by atoms with Crippen molar-refractivity contribution in [1.29, 1.82) is 0 Å². The maximum absolute atomic E-state index is 5.40. The molecule has 1 heterocycles. The van der Waals surface area contributed by atoms with E-state index in [9.17, 15) is 0 Å². The standard InChI is InChI=1S/C13H17NO2/c1-8-7-10-11(15-3)5-6-12(16-4)13(10)9(2)14-8/h5-6,8H,7H2,1-4H3. The second kappa shape index (κ2) is 4.16. The second-order valence-corrected chi connectivity index (χ2v) is 4.09. The lowest BCUT2D eigenvalue weighted by atomic mass is 9.93. The van der Waals surface area contributed by atoms with Gasteiger partial charge in [-0.2, -0.15) is 0 Å². The van der Waals surface area contributed by atoms with Crippen LogP contribution in [0, 0.1) is 0 Å². The third-order valence-electron chi connectivity index (χ3n) is 2.95. The molecule has 0 N–H and O–H groups in total. The van der Waals surface area contributed by atoms with Gasteiger partial charge in [-0.05, 0) is 32.4 Å². The van der Waals surface area contributed by atoms with Gasteiger partial charge in [0.15, 0.2) is 0 Å². The minimum absolute atomic E-state index is 0.313. The third-order valence-corrected chi connectivity index (χ3v) is 2.95. The maximum atomic E-state index is 5.40. The van der Waals surface area contributed by atoms with Crippen molar-refractivity contribution >= 4 is 5.71 Å². The van der Waals surface area contributed by atoms with Gasteiger partial charge in [-0.15, -0.1) is 0 Å². The van der Waals surface area contributed by atoms with Crippen LogP contribution in [-0.2, 0) is 6.42 Å². The Labute approximate surface area is 96.1 Å². The molecule has 3 nitrogen and oxygen atoms in total. The first kappa shape index (κ1) is 11.0. The summed E-state index contributed by atoms with van der Waals surface area (Å²) >= 11 is 0. The molecule has 0 radical (unpaired) electrons. The Morgan fingerprint density at radius 2 is 1.81 bits per heavy atom. The highest BCUT2D eigenvalue weighted by molar-refractivity contribution is 6.04. The number of hydrogen-bond donors (Lipinski definition) is 0. The average Bonchev–Trinajstić information content (AvgIpc) is 2.27. The fourth-order valence-electron chi connectivity index (χ4n) is 2.30. The van der Waals surface area contributed by atoms with E-state index < -0.39 is 0 Å². The summed E-state index contributed by atoms with van der Waals surface area (Å²) < 4.78 is 10.8. The average molecular weight is 219 g/mol. The van der Waals surface area contributed by atoms with Crippen LogP contribution >= 0.6 is 0 Å². The van der Waals surface area contributed by atoms with E-state index in [2.05, 4.69) is 11.9 Å². The first-order chi connectivity index (χ1) is 7.67. The number of aliphatic imine (C=N–C) groups is 1. The Morgan fingerprint density at radius 1 is 1.19 bits per heavy atom. The molecule has 1 atom stereocenters. The van der Waals surface area contributed by atoms with Crippen LogP contribution in [0.15, 0.2) is 17.1 Å². The zero-order valence-electron chi connectivity index (χ0n) is 10.2. The van der Waals surface area contributed by atoms with Crippen LogP contribution < -0.4 is 9.47 Å². The Balaban J connectivity index is 2.64. The van der Waals surface area contributed by atoms with E-state index in [4.69, 9.17) is 9.47 Å². The Kier molecular flexibility index (Phi) is 2.86. The number of hydrogen-bond acceptors (Lipinski definition) is 3. The number of ether oxygens (including phenoxy) is 2. The van der Waals surface area contributed by atoms with Crippen molar-refractivity contribution in [2.45, 2.75) is 26.3 Å². The van der Waals surface area contributed by atoms with E-state index >= 15 is 0 Å². The van der Waals surface area contributed by atoms with Gasteiger partial charge in [0, 0.05) is 16.8 Å². The van der Waals surface area contributed by atoms with Gasteiger partial charge in [-0.3, -0.25) is 4.99 Å². The Hall–Kier alpha value is -1.51. The van der Waals surface area contributed by atoms with E-state index in [0.29, 0.717) is 6.04 Å². The van der Waals surface area contributed by atoms with Crippen molar-refractivity contribution in [1.82, 2.24) is 0 Å². The molecule has 0 fully saturated rings. The number of nitrogens with zero attached hydrogens (tertiary/aromatic N) is 1. The summed E-state index contributed by atoms with van der Waals surface area (Å²) in [6, 6.07) is 4.21. The first-order valence-electron chi connectivity index (χ1n) is 5.46.